The zero-order valence-electron chi connectivity index (χ0n) is 14.4. The van der Waals surface area contributed by atoms with Crippen LogP contribution < -0.4 is 5.73 Å². The molecule has 0 aromatic heterocycles. The van der Waals surface area contributed by atoms with Gasteiger partial charge >= 0.3 is 5.97 Å². The van der Waals surface area contributed by atoms with Crippen molar-refractivity contribution in [3.63, 3.8) is 0 Å². The first-order valence-corrected chi connectivity index (χ1v) is 8.01. The molecule has 2 N–H and O–H groups in total. The van der Waals surface area contributed by atoms with Gasteiger partial charge in [0, 0.05) is 18.4 Å². The number of esters is 1. The van der Waals surface area contributed by atoms with Gasteiger partial charge in [0.2, 0.25) is 5.88 Å². The van der Waals surface area contributed by atoms with Gasteiger partial charge in [-0.2, -0.15) is 0 Å². The number of hydrogen-bond donors (Lipinski definition) is 1. The summed E-state index contributed by atoms with van der Waals surface area (Å²) in [7, 11) is 1.22. The number of halogens is 1. The van der Waals surface area contributed by atoms with Crippen LogP contribution in [0, 0.1) is 11.2 Å². The molecule has 2 aliphatic rings. The van der Waals surface area contributed by atoms with Crippen molar-refractivity contribution in [2.45, 2.75) is 32.6 Å². The van der Waals surface area contributed by atoms with E-state index in [9.17, 15) is 14.0 Å². The number of allylic oxidation sites excluding steroid dienone is 2. The predicted octanol–water partition coefficient (Wildman–Crippen LogP) is 2.93. The average molecular weight is 345 g/mol. The number of rotatable bonds is 2. The summed E-state index contributed by atoms with van der Waals surface area (Å²) >= 11 is 0. The Morgan fingerprint density at radius 3 is 2.72 bits per heavy atom. The molecule has 3 rings (SSSR count). The molecule has 0 saturated carbocycles. The molecular formula is C19H20FNO4. The lowest BCUT2D eigenvalue weighted by atomic mass is 9.70. The number of hydrogen-bond acceptors (Lipinski definition) is 5. The van der Waals surface area contributed by atoms with Crippen LogP contribution in [0.5, 0.6) is 0 Å². The Kier molecular flexibility index (Phi) is 4.14. The first-order valence-electron chi connectivity index (χ1n) is 8.01. The summed E-state index contributed by atoms with van der Waals surface area (Å²) in [5.74, 6) is -1.75. The Morgan fingerprint density at radius 1 is 1.36 bits per heavy atom. The van der Waals surface area contributed by atoms with Crippen molar-refractivity contribution < 1.29 is 23.5 Å². The van der Waals surface area contributed by atoms with Crippen LogP contribution in [0.4, 0.5) is 4.39 Å². The molecule has 6 heteroatoms. The molecule has 1 aliphatic heterocycles. The van der Waals surface area contributed by atoms with E-state index in [0.717, 1.165) is 0 Å². The van der Waals surface area contributed by atoms with E-state index < -0.39 is 17.7 Å². The van der Waals surface area contributed by atoms with Gasteiger partial charge in [-0.3, -0.25) is 4.79 Å². The Labute approximate surface area is 145 Å². The van der Waals surface area contributed by atoms with Crippen LogP contribution in [0.2, 0.25) is 0 Å². The van der Waals surface area contributed by atoms with E-state index in [4.69, 9.17) is 15.2 Å². The van der Waals surface area contributed by atoms with Crippen molar-refractivity contribution in [3.05, 3.63) is 58.4 Å². The van der Waals surface area contributed by atoms with Crippen molar-refractivity contribution in [2.24, 2.45) is 11.1 Å². The fraction of sp³-hybridized carbons (Fsp3) is 0.368. The van der Waals surface area contributed by atoms with Crippen LogP contribution in [0.1, 0.15) is 38.2 Å². The van der Waals surface area contributed by atoms with E-state index in [2.05, 4.69) is 0 Å². The standard InChI is InChI=1S/C19H20FNO4/c1-19(2)8-12(22)15-13(9-19)25-17(21)16(18(23)24-3)14(15)10-5-4-6-11(20)7-10/h4-7,14H,8-9,21H2,1-3H3/t14-/m1/s1. The molecule has 0 saturated heterocycles. The maximum atomic E-state index is 13.8. The summed E-state index contributed by atoms with van der Waals surface area (Å²) in [5.41, 5.74) is 6.56. The second-order valence-corrected chi connectivity index (χ2v) is 7.14. The summed E-state index contributed by atoms with van der Waals surface area (Å²) in [6.45, 7) is 3.93. The molecule has 1 aromatic rings. The van der Waals surface area contributed by atoms with Crippen LogP contribution in [-0.2, 0) is 19.1 Å². The molecule has 0 fully saturated rings. The van der Waals surface area contributed by atoms with Crippen LogP contribution in [0.15, 0.2) is 47.1 Å². The Morgan fingerprint density at radius 2 is 2.08 bits per heavy atom. The highest BCUT2D eigenvalue weighted by atomic mass is 19.1. The maximum Gasteiger partial charge on any atom is 0.340 e. The third-order valence-corrected chi connectivity index (χ3v) is 4.54. The third kappa shape index (κ3) is 3.04. The number of nitrogens with two attached hydrogens (primary N) is 1. The second kappa shape index (κ2) is 6.02. The molecule has 25 heavy (non-hydrogen) atoms. The molecule has 1 atom stereocenters. The zero-order chi connectivity index (χ0) is 18.4. The normalized spacial score (nSPS) is 22.4. The monoisotopic (exact) mass is 345 g/mol. The smallest absolute Gasteiger partial charge is 0.340 e. The minimum absolute atomic E-state index is 0.0277. The van der Waals surface area contributed by atoms with E-state index in [1.165, 1.54) is 25.3 Å². The number of Topliss-reactive ketones (excluding diaryl/α,β-unsaturated/α-hetero) is 1. The van der Waals surface area contributed by atoms with Gasteiger partial charge in [-0.1, -0.05) is 26.0 Å². The van der Waals surface area contributed by atoms with Crippen molar-refractivity contribution in [2.75, 3.05) is 7.11 Å². The molecule has 132 valence electrons. The van der Waals surface area contributed by atoms with E-state index in [1.807, 2.05) is 13.8 Å². The summed E-state index contributed by atoms with van der Waals surface area (Å²) in [5, 5.41) is 0. The minimum atomic E-state index is -0.796. The largest absolute Gasteiger partial charge is 0.465 e. The van der Waals surface area contributed by atoms with Gasteiger partial charge in [-0.25, -0.2) is 9.18 Å². The highest BCUT2D eigenvalue weighted by Gasteiger charge is 2.44. The zero-order valence-corrected chi connectivity index (χ0v) is 14.4. The lowest BCUT2D eigenvalue weighted by Gasteiger charge is -2.37. The van der Waals surface area contributed by atoms with E-state index in [0.29, 0.717) is 29.7 Å². The van der Waals surface area contributed by atoms with Gasteiger partial charge in [-0.15, -0.1) is 0 Å². The fourth-order valence-electron chi connectivity index (χ4n) is 3.51. The van der Waals surface area contributed by atoms with Gasteiger partial charge in [-0.05, 0) is 23.1 Å². The lowest BCUT2D eigenvalue weighted by Crippen LogP contribution is -2.35. The number of ether oxygens (including phenoxy) is 2. The van der Waals surface area contributed by atoms with Gasteiger partial charge in [0.1, 0.15) is 17.1 Å². The highest BCUT2D eigenvalue weighted by Crippen LogP contribution is 2.48. The number of carbonyl (C=O) groups is 2. The number of carbonyl (C=O) groups excluding carboxylic acids is 2. The Balaban J connectivity index is 2.21. The highest BCUT2D eigenvalue weighted by molar-refractivity contribution is 6.03. The summed E-state index contributed by atoms with van der Waals surface area (Å²) in [6.07, 6.45) is 0.824. The number of methoxy groups -OCH3 is 1. The molecule has 1 aromatic carbocycles. The fourth-order valence-corrected chi connectivity index (χ4v) is 3.51. The summed E-state index contributed by atoms with van der Waals surface area (Å²) < 4.78 is 24.2. The van der Waals surface area contributed by atoms with E-state index in [1.54, 1.807) is 6.07 Å². The third-order valence-electron chi connectivity index (χ3n) is 4.54. The van der Waals surface area contributed by atoms with E-state index in [-0.39, 0.29) is 22.7 Å². The van der Waals surface area contributed by atoms with Crippen LogP contribution in [-0.4, -0.2) is 18.9 Å². The van der Waals surface area contributed by atoms with Crippen molar-refractivity contribution in [1.82, 2.24) is 0 Å². The molecular weight excluding hydrogens is 325 g/mol. The van der Waals surface area contributed by atoms with Gasteiger partial charge in [0.15, 0.2) is 5.78 Å². The first kappa shape index (κ1) is 17.2. The molecule has 0 amide bonds. The topological polar surface area (TPSA) is 78.6 Å². The lowest BCUT2D eigenvalue weighted by molar-refractivity contribution is -0.136. The molecule has 0 spiro atoms. The van der Waals surface area contributed by atoms with Crippen molar-refractivity contribution in [3.8, 4) is 0 Å². The molecule has 1 heterocycles. The minimum Gasteiger partial charge on any atom is -0.465 e. The van der Waals surface area contributed by atoms with Crippen LogP contribution in [0.3, 0.4) is 0 Å². The summed E-state index contributed by atoms with van der Waals surface area (Å²) in [4.78, 5) is 25.1. The summed E-state index contributed by atoms with van der Waals surface area (Å²) in [6, 6.07) is 5.79. The SMILES string of the molecule is COC(=O)C1=C(N)OC2=C(C(=O)CC(C)(C)C2)[C@H]1c1cccc(F)c1. The van der Waals surface area contributed by atoms with Gasteiger partial charge in [0.05, 0.1) is 13.0 Å². The molecule has 1 aliphatic carbocycles. The number of benzene rings is 1. The van der Waals surface area contributed by atoms with Crippen LogP contribution >= 0.6 is 0 Å². The second-order valence-electron chi connectivity index (χ2n) is 7.14. The molecule has 5 nitrogen and oxygen atoms in total. The van der Waals surface area contributed by atoms with Gasteiger partial charge < -0.3 is 15.2 Å². The molecule has 0 unspecified atom stereocenters. The predicted molar refractivity (Wildman–Crippen MR) is 88.5 cm³/mol. The first-order chi connectivity index (χ1) is 11.7. The van der Waals surface area contributed by atoms with Gasteiger partial charge in [0.25, 0.3) is 0 Å². The van der Waals surface area contributed by atoms with E-state index >= 15 is 0 Å². The van der Waals surface area contributed by atoms with Crippen molar-refractivity contribution in [1.29, 1.82) is 0 Å². The number of ketones is 1. The van der Waals surface area contributed by atoms with Crippen LogP contribution in [0.25, 0.3) is 0 Å². The average Bonchev–Trinajstić information content (AvgIpc) is 2.51. The molecule has 0 bridgehead atoms. The van der Waals surface area contributed by atoms with Crippen molar-refractivity contribution >= 4 is 11.8 Å². The maximum absolute atomic E-state index is 13.8. The molecule has 0 radical (unpaired) electrons. The quantitative estimate of drug-likeness (QED) is 0.834. The Hall–Kier alpha value is -2.63. The Bertz CT molecular complexity index is 822.